The van der Waals surface area contributed by atoms with Crippen molar-refractivity contribution in [2.45, 2.75) is 6.92 Å². The van der Waals surface area contributed by atoms with E-state index in [2.05, 4.69) is 4.74 Å². The molecule has 0 bridgehead atoms. The number of benzene rings is 1. The maximum Gasteiger partial charge on any atom is 0.115 e. The Balaban J connectivity index is 0.000000252. The van der Waals surface area contributed by atoms with E-state index in [-0.39, 0.29) is 0 Å². The molecule has 0 radical (unpaired) electrons. The first-order valence-corrected chi connectivity index (χ1v) is 4.15. The van der Waals surface area contributed by atoms with E-state index in [4.69, 9.17) is 10.8 Å². The highest BCUT2D eigenvalue weighted by atomic mass is 16.5. The van der Waals surface area contributed by atoms with Crippen LogP contribution in [-0.4, -0.2) is 25.4 Å². The summed E-state index contributed by atoms with van der Waals surface area (Å²) in [4.78, 5) is 0. The SMILES string of the molecule is COCCN.Cc1ccc(O)cc1. The van der Waals surface area contributed by atoms with Gasteiger partial charge in [0.2, 0.25) is 0 Å². The van der Waals surface area contributed by atoms with Crippen LogP contribution in [0.2, 0.25) is 0 Å². The Labute approximate surface area is 79.1 Å². The number of methoxy groups -OCH3 is 1. The van der Waals surface area contributed by atoms with Crippen molar-refractivity contribution in [3.63, 3.8) is 0 Å². The second kappa shape index (κ2) is 7.58. The van der Waals surface area contributed by atoms with Crippen molar-refractivity contribution in [2.75, 3.05) is 20.3 Å². The van der Waals surface area contributed by atoms with Gasteiger partial charge in [-0.15, -0.1) is 0 Å². The third-order valence-electron chi connectivity index (χ3n) is 1.36. The number of ether oxygens (including phenoxy) is 1. The molecular formula is C10H17NO2. The molecule has 1 aromatic rings. The van der Waals surface area contributed by atoms with Crippen LogP contribution in [0.25, 0.3) is 0 Å². The topological polar surface area (TPSA) is 55.5 Å². The molecule has 0 amide bonds. The van der Waals surface area contributed by atoms with Gasteiger partial charge >= 0.3 is 0 Å². The van der Waals surface area contributed by atoms with Gasteiger partial charge in [0.15, 0.2) is 0 Å². The van der Waals surface area contributed by atoms with Crippen LogP contribution in [0.1, 0.15) is 5.56 Å². The molecule has 3 heteroatoms. The summed E-state index contributed by atoms with van der Waals surface area (Å²) < 4.78 is 4.57. The zero-order valence-corrected chi connectivity index (χ0v) is 8.16. The molecule has 0 unspecified atom stereocenters. The van der Waals surface area contributed by atoms with Crippen LogP contribution < -0.4 is 5.73 Å². The van der Waals surface area contributed by atoms with E-state index in [1.165, 1.54) is 5.56 Å². The van der Waals surface area contributed by atoms with Crippen LogP contribution in [0, 0.1) is 6.92 Å². The zero-order valence-electron chi connectivity index (χ0n) is 8.16. The van der Waals surface area contributed by atoms with Crippen molar-refractivity contribution in [1.29, 1.82) is 0 Å². The van der Waals surface area contributed by atoms with Gasteiger partial charge in [0.25, 0.3) is 0 Å². The van der Waals surface area contributed by atoms with Crippen molar-refractivity contribution in [3.05, 3.63) is 29.8 Å². The predicted octanol–water partition coefficient (Wildman–Crippen LogP) is 1.29. The van der Waals surface area contributed by atoms with Gasteiger partial charge in [0.05, 0.1) is 6.61 Å². The number of aromatic hydroxyl groups is 1. The quantitative estimate of drug-likeness (QED) is 0.726. The number of phenolic OH excluding ortho intramolecular Hbond substituents is 1. The zero-order chi connectivity index (χ0) is 10.1. The fourth-order valence-corrected chi connectivity index (χ4v) is 0.663. The van der Waals surface area contributed by atoms with Crippen LogP contribution in [0.3, 0.4) is 0 Å². The van der Waals surface area contributed by atoms with E-state index in [9.17, 15) is 0 Å². The number of phenols is 1. The van der Waals surface area contributed by atoms with E-state index in [0.717, 1.165) is 0 Å². The first-order chi connectivity index (χ1) is 6.20. The van der Waals surface area contributed by atoms with E-state index in [0.29, 0.717) is 18.9 Å². The Morgan fingerprint density at radius 2 is 1.85 bits per heavy atom. The third-order valence-corrected chi connectivity index (χ3v) is 1.36. The summed E-state index contributed by atoms with van der Waals surface area (Å²) in [6.45, 7) is 3.27. The largest absolute Gasteiger partial charge is 0.508 e. The van der Waals surface area contributed by atoms with Crippen molar-refractivity contribution in [1.82, 2.24) is 0 Å². The minimum Gasteiger partial charge on any atom is -0.508 e. The lowest BCUT2D eigenvalue weighted by Crippen LogP contribution is -2.05. The second-order valence-corrected chi connectivity index (χ2v) is 2.62. The van der Waals surface area contributed by atoms with E-state index in [1.54, 1.807) is 19.2 Å². The summed E-state index contributed by atoms with van der Waals surface area (Å²) in [7, 11) is 1.63. The molecule has 0 saturated carbocycles. The highest BCUT2D eigenvalue weighted by Gasteiger charge is 1.82. The van der Waals surface area contributed by atoms with Gasteiger partial charge in [-0.1, -0.05) is 17.7 Å². The van der Waals surface area contributed by atoms with Gasteiger partial charge in [0, 0.05) is 13.7 Å². The Hall–Kier alpha value is -1.06. The molecule has 0 aliphatic heterocycles. The van der Waals surface area contributed by atoms with Gasteiger partial charge in [0.1, 0.15) is 5.75 Å². The van der Waals surface area contributed by atoms with Crippen molar-refractivity contribution in [3.8, 4) is 5.75 Å². The van der Waals surface area contributed by atoms with E-state index in [1.807, 2.05) is 19.1 Å². The molecule has 0 aliphatic rings. The molecule has 74 valence electrons. The highest BCUT2D eigenvalue weighted by Crippen LogP contribution is 2.07. The average molecular weight is 183 g/mol. The van der Waals surface area contributed by atoms with Crippen LogP contribution in [0.4, 0.5) is 0 Å². The number of hydrogen-bond donors (Lipinski definition) is 2. The number of hydrogen-bond acceptors (Lipinski definition) is 3. The normalized spacial score (nSPS) is 8.85. The van der Waals surface area contributed by atoms with Gasteiger partial charge < -0.3 is 15.6 Å². The summed E-state index contributed by atoms with van der Waals surface area (Å²) in [5, 5.41) is 8.76. The molecule has 3 N–H and O–H groups in total. The van der Waals surface area contributed by atoms with Crippen LogP contribution in [0.15, 0.2) is 24.3 Å². The molecule has 13 heavy (non-hydrogen) atoms. The molecule has 0 aliphatic carbocycles. The lowest BCUT2D eigenvalue weighted by molar-refractivity contribution is 0.207. The average Bonchev–Trinajstić information content (AvgIpc) is 2.13. The fraction of sp³-hybridized carbons (Fsp3) is 0.400. The third kappa shape index (κ3) is 7.31. The maximum atomic E-state index is 8.76. The molecular weight excluding hydrogens is 166 g/mol. The summed E-state index contributed by atoms with van der Waals surface area (Å²) in [5.74, 6) is 0.329. The maximum absolute atomic E-state index is 8.76. The summed E-state index contributed by atoms with van der Waals surface area (Å²) in [6, 6.07) is 7.09. The first-order valence-electron chi connectivity index (χ1n) is 4.15. The minimum absolute atomic E-state index is 0.329. The molecule has 0 fully saturated rings. The van der Waals surface area contributed by atoms with Gasteiger partial charge in [-0.3, -0.25) is 0 Å². The second-order valence-electron chi connectivity index (χ2n) is 2.62. The standard InChI is InChI=1S/C7H8O.C3H9NO/c1-6-2-4-7(8)5-3-6;1-5-3-2-4/h2-5,8H,1H3;2-4H2,1H3. The monoisotopic (exact) mass is 183 g/mol. The van der Waals surface area contributed by atoms with Crippen molar-refractivity contribution in [2.24, 2.45) is 5.73 Å². The van der Waals surface area contributed by atoms with Crippen LogP contribution >= 0.6 is 0 Å². The lowest BCUT2D eigenvalue weighted by Gasteiger charge is -1.89. The van der Waals surface area contributed by atoms with Crippen LogP contribution in [0.5, 0.6) is 5.75 Å². The minimum atomic E-state index is 0.329. The molecule has 0 heterocycles. The van der Waals surface area contributed by atoms with Crippen molar-refractivity contribution < 1.29 is 9.84 Å². The molecule has 0 atom stereocenters. The fourth-order valence-electron chi connectivity index (χ4n) is 0.663. The molecule has 0 saturated heterocycles. The molecule has 3 nitrogen and oxygen atoms in total. The molecule has 0 spiro atoms. The summed E-state index contributed by atoms with van der Waals surface area (Å²) >= 11 is 0. The Bertz CT molecular complexity index is 186. The van der Waals surface area contributed by atoms with Gasteiger partial charge in [-0.2, -0.15) is 0 Å². The Morgan fingerprint density at radius 1 is 1.31 bits per heavy atom. The van der Waals surface area contributed by atoms with E-state index < -0.39 is 0 Å². The summed E-state index contributed by atoms with van der Waals surface area (Å²) in [5.41, 5.74) is 6.18. The van der Waals surface area contributed by atoms with E-state index >= 15 is 0 Å². The van der Waals surface area contributed by atoms with Gasteiger partial charge in [-0.25, -0.2) is 0 Å². The molecule has 1 rings (SSSR count). The Kier molecular flexibility index (Phi) is 6.96. The smallest absolute Gasteiger partial charge is 0.115 e. The highest BCUT2D eigenvalue weighted by molar-refractivity contribution is 5.24. The summed E-state index contributed by atoms with van der Waals surface area (Å²) in [6.07, 6.45) is 0. The number of aryl methyl sites for hydroxylation is 1. The molecule has 0 aromatic heterocycles. The van der Waals surface area contributed by atoms with Crippen LogP contribution in [-0.2, 0) is 4.74 Å². The van der Waals surface area contributed by atoms with Crippen molar-refractivity contribution >= 4 is 0 Å². The number of rotatable bonds is 2. The Morgan fingerprint density at radius 3 is 2.08 bits per heavy atom. The lowest BCUT2D eigenvalue weighted by atomic mass is 10.2. The molecule has 1 aromatic carbocycles. The first kappa shape index (κ1) is 11.9. The number of nitrogens with two attached hydrogens (primary N) is 1. The predicted molar refractivity (Wildman–Crippen MR) is 53.8 cm³/mol. The van der Waals surface area contributed by atoms with Gasteiger partial charge in [-0.05, 0) is 19.1 Å².